The van der Waals surface area contributed by atoms with Crippen LogP contribution in [0.3, 0.4) is 0 Å². The fraction of sp³-hybridized carbons (Fsp3) is 0.778. The maximum absolute atomic E-state index is 11.4. The molecular weight excluding hydrogens is 152 g/mol. The first kappa shape index (κ1) is 7.60. The van der Waals surface area contributed by atoms with Crippen LogP contribution < -0.4 is 0 Å². The Balaban J connectivity index is 2.25. The van der Waals surface area contributed by atoms with E-state index in [0.29, 0.717) is 18.9 Å². The van der Waals surface area contributed by atoms with Crippen molar-refractivity contribution in [2.75, 3.05) is 0 Å². The van der Waals surface area contributed by atoms with Gasteiger partial charge in [0.15, 0.2) is 0 Å². The van der Waals surface area contributed by atoms with Gasteiger partial charge >= 0.3 is 0 Å². The van der Waals surface area contributed by atoms with E-state index in [1.165, 1.54) is 0 Å². The summed E-state index contributed by atoms with van der Waals surface area (Å²) in [6, 6.07) is 2.63. The second-order valence-electron chi connectivity index (χ2n) is 3.88. The maximum Gasteiger partial charge on any atom is 0.224 e. The van der Waals surface area contributed by atoms with Gasteiger partial charge in [-0.15, -0.1) is 0 Å². The zero-order valence-electron chi connectivity index (χ0n) is 7.21. The van der Waals surface area contributed by atoms with Crippen molar-refractivity contribution >= 4 is 5.91 Å². The van der Waals surface area contributed by atoms with Crippen LogP contribution >= 0.6 is 0 Å². The molecule has 0 aromatic rings. The molecule has 1 heterocycles. The maximum atomic E-state index is 11.4. The van der Waals surface area contributed by atoms with E-state index in [2.05, 4.69) is 6.07 Å². The number of nitrogens with zero attached hydrogens (tertiary/aromatic N) is 2. The molecular formula is C9H12N2O. The third-order valence-corrected chi connectivity index (χ3v) is 2.78. The van der Waals surface area contributed by atoms with Crippen LogP contribution in [-0.2, 0) is 4.79 Å². The molecule has 1 saturated carbocycles. The number of hydrogen-bond acceptors (Lipinski definition) is 2. The molecule has 0 unspecified atom stereocenters. The molecule has 2 aliphatic rings. The van der Waals surface area contributed by atoms with E-state index in [0.717, 1.165) is 12.8 Å². The average Bonchev–Trinajstić information content (AvgIpc) is 2.82. The molecule has 3 heteroatoms. The minimum atomic E-state index is -0.502. The van der Waals surface area contributed by atoms with Gasteiger partial charge in [0.1, 0.15) is 5.54 Å². The number of likely N-dealkylation sites (tertiary alicyclic amines) is 1. The zero-order valence-corrected chi connectivity index (χ0v) is 7.21. The Labute approximate surface area is 72.0 Å². The Morgan fingerprint density at radius 2 is 2.33 bits per heavy atom. The third kappa shape index (κ3) is 0.911. The Hall–Kier alpha value is -1.04. The predicted molar refractivity (Wildman–Crippen MR) is 43.1 cm³/mol. The second-order valence-corrected chi connectivity index (χ2v) is 3.88. The highest BCUT2D eigenvalue weighted by Crippen LogP contribution is 2.39. The lowest BCUT2D eigenvalue weighted by atomic mass is 10.0. The van der Waals surface area contributed by atoms with Crippen LogP contribution in [0.25, 0.3) is 0 Å². The summed E-state index contributed by atoms with van der Waals surface area (Å²) in [5.74, 6) is 0.168. The molecule has 0 spiro atoms. The SMILES string of the molecule is C[C@@]1(C#N)CCC(=O)N1C1CC1. The van der Waals surface area contributed by atoms with Crippen molar-refractivity contribution < 1.29 is 4.79 Å². The molecule has 0 aromatic heterocycles. The van der Waals surface area contributed by atoms with E-state index in [1.54, 1.807) is 4.90 Å². The average molecular weight is 164 g/mol. The number of carbonyl (C=O) groups excluding carboxylic acids is 1. The van der Waals surface area contributed by atoms with Gasteiger partial charge in [0.2, 0.25) is 5.91 Å². The van der Waals surface area contributed by atoms with Gasteiger partial charge in [0, 0.05) is 12.5 Å². The summed E-state index contributed by atoms with van der Waals surface area (Å²) in [5, 5.41) is 8.95. The van der Waals surface area contributed by atoms with E-state index in [1.807, 2.05) is 6.92 Å². The number of rotatable bonds is 1. The summed E-state index contributed by atoms with van der Waals surface area (Å²) in [7, 11) is 0. The highest BCUT2D eigenvalue weighted by molar-refractivity contribution is 5.81. The van der Waals surface area contributed by atoms with Gasteiger partial charge in [-0.1, -0.05) is 0 Å². The lowest BCUT2D eigenvalue weighted by Gasteiger charge is -2.28. The minimum Gasteiger partial charge on any atom is -0.321 e. The van der Waals surface area contributed by atoms with Crippen molar-refractivity contribution in [3.63, 3.8) is 0 Å². The Morgan fingerprint density at radius 3 is 2.83 bits per heavy atom. The molecule has 64 valence electrons. The van der Waals surface area contributed by atoms with Gasteiger partial charge in [-0.05, 0) is 26.2 Å². The first-order valence-electron chi connectivity index (χ1n) is 4.41. The Kier molecular flexibility index (Phi) is 1.41. The third-order valence-electron chi connectivity index (χ3n) is 2.78. The summed E-state index contributed by atoms with van der Waals surface area (Å²) in [4.78, 5) is 13.2. The largest absolute Gasteiger partial charge is 0.321 e. The molecule has 1 aliphatic heterocycles. The molecule has 2 rings (SSSR count). The van der Waals surface area contributed by atoms with Gasteiger partial charge in [-0.2, -0.15) is 5.26 Å². The van der Waals surface area contributed by atoms with Crippen LogP contribution in [0.2, 0.25) is 0 Å². The van der Waals surface area contributed by atoms with E-state index in [-0.39, 0.29) is 5.91 Å². The summed E-state index contributed by atoms with van der Waals surface area (Å²) in [6.45, 7) is 1.87. The number of hydrogen-bond donors (Lipinski definition) is 0. The van der Waals surface area contributed by atoms with Crippen LogP contribution in [0.1, 0.15) is 32.6 Å². The second kappa shape index (κ2) is 2.22. The van der Waals surface area contributed by atoms with Crippen molar-refractivity contribution in [2.24, 2.45) is 0 Å². The fourth-order valence-corrected chi connectivity index (χ4v) is 1.92. The quantitative estimate of drug-likeness (QED) is 0.581. The summed E-state index contributed by atoms with van der Waals surface area (Å²) < 4.78 is 0. The number of nitriles is 1. The molecule has 1 aliphatic carbocycles. The monoisotopic (exact) mass is 164 g/mol. The van der Waals surface area contributed by atoms with Gasteiger partial charge in [-0.25, -0.2) is 0 Å². The first-order chi connectivity index (χ1) is 5.67. The molecule has 0 bridgehead atoms. The molecule has 3 nitrogen and oxygen atoms in total. The van der Waals surface area contributed by atoms with E-state index in [9.17, 15) is 4.79 Å². The zero-order chi connectivity index (χ0) is 8.77. The summed E-state index contributed by atoms with van der Waals surface area (Å²) in [6.07, 6.45) is 3.44. The molecule has 1 atom stereocenters. The van der Waals surface area contributed by atoms with Crippen molar-refractivity contribution in [2.45, 2.75) is 44.2 Å². The van der Waals surface area contributed by atoms with E-state index < -0.39 is 5.54 Å². The summed E-state index contributed by atoms with van der Waals surface area (Å²) >= 11 is 0. The lowest BCUT2D eigenvalue weighted by Crippen LogP contribution is -2.43. The molecule has 2 fully saturated rings. The fourth-order valence-electron chi connectivity index (χ4n) is 1.92. The standard InChI is InChI=1S/C9H12N2O/c1-9(6-10)5-4-8(12)11(9)7-2-3-7/h7H,2-5H2,1H3/t9-/m0/s1. The van der Waals surface area contributed by atoms with Crippen LogP contribution in [0, 0.1) is 11.3 Å². The highest BCUT2D eigenvalue weighted by atomic mass is 16.2. The van der Waals surface area contributed by atoms with Crippen molar-refractivity contribution in [3.05, 3.63) is 0 Å². The number of amides is 1. The number of carbonyl (C=O) groups is 1. The van der Waals surface area contributed by atoms with Crippen LogP contribution in [0.15, 0.2) is 0 Å². The van der Waals surface area contributed by atoms with E-state index >= 15 is 0 Å². The molecule has 12 heavy (non-hydrogen) atoms. The van der Waals surface area contributed by atoms with Crippen LogP contribution in [0.5, 0.6) is 0 Å². The highest BCUT2D eigenvalue weighted by Gasteiger charge is 2.48. The molecule has 0 aromatic carbocycles. The van der Waals surface area contributed by atoms with Crippen molar-refractivity contribution in [1.29, 1.82) is 5.26 Å². The smallest absolute Gasteiger partial charge is 0.224 e. The minimum absolute atomic E-state index is 0.168. The van der Waals surface area contributed by atoms with Crippen LogP contribution in [-0.4, -0.2) is 22.4 Å². The predicted octanol–water partition coefficient (Wildman–Crippen LogP) is 1.05. The summed E-state index contributed by atoms with van der Waals surface area (Å²) in [5.41, 5.74) is -0.502. The van der Waals surface area contributed by atoms with E-state index in [4.69, 9.17) is 5.26 Å². The van der Waals surface area contributed by atoms with Gasteiger partial charge in [0.05, 0.1) is 6.07 Å². The lowest BCUT2D eigenvalue weighted by molar-refractivity contribution is -0.130. The Bertz CT molecular complexity index is 264. The topological polar surface area (TPSA) is 44.1 Å². The molecule has 1 saturated heterocycles. The van der Waals surface area contributed by atoms with Gasteiger partial charge in [-0.3, -0.25) is 4.79 Å². The Morgan fingerprint density at radius 1 is 1.67 bits per heavy atom. The normalized spacial score (nSPS) is 35.3. The van der Waals surface area contributed by atoms with Crippen molar-refractivity contribution in [3.8, 4) is 6.07 Å². The van der Waals surface area contributed by atoms with Crippen LogP contribution in [0.4, 0.5) is 0 Å². The van der Waals surface area contributed by atoms with Crippen molar-refractivity contribution in [1.82, 2.24) is 4.90 Å². The molecule has 0 radical (unpaired) electrons. The molecule has 0 N–H and O–H groups in total. The van der Waals surface area contributed by atoms with Gasteiger partial charge in [0.25, 0.3) is 0 Å². The van der Waals surface area contributed by atoms with Gasteiger partial charge < -0.3 is 4.90 Å². The molecule has 1 amide bonds. The first-order valence-corrected chi connectivity index (χ1v) is 4.41.